The quantitative estimate of drug-likeness (QED) is 0.776. The van der Waals surface area contributed by atoms with Crippen LogP contribution < -0.4 is 10.1 Å². The van der Waals surface area contributed by atoms with Crippen molar-refractivity contribution in [2.24, 2.45) is 0 Å². The van der Waals surface area contributed by atoms with Crippen LogP contribution in [-0.4, -0.2) is 29.8 Å². The summed E-state index contributed by atoms with van der Waals surface area (Å²) in [6.07, 6.45) is 0.891. The molecule has 0 bridgehead atoms. The predicted octanol–water partition coefficient (Wildman–Crippen LogP) is 1.73. The molecular weight excluding hydrogens is 230 g/mol. The second kappa shape index (κ2) is 7.01. The highest BCUT2D eigenvalue weighted by Crippen LogP contribution is 2.08. The zero-order chi connectivity index (χ0) is 13.4. The normalized spacial score (nSPS) is 13.7. The van der Waals surface area contributed by atoms with E-state index in [1.54, 1.807) is 6.92 Å². The third-order valence-corrected chi connectivity index (χ3v) is 2.77. The molecule has 0 saturated heterocycles. The summed E-state index contributed by atoms with van der Waals surface area (Å²) < 4.78 is 5.41. The molecule has 0 aromatic heterocycles. The lowest BCUT2D eigenvalue weighted by Crippen LogP contribution is -2.40. The summed E-state index contributed by atoms with van der Waals surface area (Å²) in [7, 11) is 0. The van der Waals surface area contributed by atoms with Gasteiger partial charge in [0.25, 0.3) is 0 Å². The van der Waals surface area contributed by atoms with Crippen molar-refractivity contribution in [3.63, 3.8) is 0 Å². The van der Waals surface area contributed by atoms with E-state index in [2.05, 4.69) is 5.32 Å². The molecule has 0 aliphatic heterocycles. The van der Waals surface area contributed by atoms with Crippen LogP contribution in [0.25, 0.3) is 0 Å². The van der Waals surface area contributed by atoms with Gasteiger partial charge in [0.05, 0.1) is 18.6 Å². The van der Waals surface area contributed by atoms with Crippen molar-refractivity contribution in [1.29, 1.82) is 0 Å². The predicted molar refractivity (Wildman–Crippen MR) is 70.5 cm³/mol. The summed E-state index contributed by atoms with van der Waals surface area (Å²) in [5.74, 6) is 0.644. The molecule has 0 aliphatic carbocycles. The maximum absolute atomic E-state index is 11.5. The molecule has 1 atom stereocenters. The van der Waals surface area contributed by atoms with Crippen molar-refractivity contribution >= 4 is 5.91 Å². The van der Waals surface area contributed by atoms with Gasteiger partial charge in [0.15, 0.2) is 0 Å². The zero-order valence-electron chi connectivity index (χ0n) is 11.0. The van der Waals surface area contributed by atoms with Gasteiger partial charge in [-0.25, -0.2) is 0 Å². The van der Waals surface area contributed by atoms with E-state index in [0.717, 1.165) is 5.75 Å². The number of benzene rings is 1. The number of nitrogens with one attached hydrogen (secondary N) is 1. The van der Waals surface area contributed by atoms with Gasteiger partial charge in [0.1, 0.15) is 5.75 Å². The highest BCUT2D eigenvalue weighted by Gasteiger charge is 2.18. The van der Waals surface area contributed by atoms with Gasteiger partial charge < -0.3 is 15.2 Å². The average molecular weight is 251 g/mol. The summed E-state index contributed by atoms with van der Waals surface area (Å²) in [5, 5.41) is 12.4. The molecule has 0 fully saturated rings. The van der Waals surface area contributed by atoms with E-state index in [4.69, 9.17) is 4.74 Å². The SMILES string of the molecule is CCC(C)(O)CNC(=O)CCOc1ccccc1. The Balaban J connectivity index is 2.18. The van der Waals surface area contributed by atoms with E-state index in [1.165, 1.54) is 0 Å². The van der Waals surface area contributed by atoms with Gasteiger partial charge in [-0.2, -0.15) is 0 Å². The molecule has 18 heavy (non-hydrogen) atoms. The van der Waals surface area contributed by atoms with E-state index in [1.807, 2.05) is 37.3 Å². The standard InChI is InChI=1S/C14H21NO3/c1-3-14(2,17)11-15-13(16)9-10-18-12-7-5-4-6-8-12/h4-8,17H,3,9-11H2,1-2H3,(H,15,16). The van der Waals surface area contributed by atoms with E-state index < -0.39 is 5.60 Å². The highest BCUT2D eigenvalue weighted by atomic mass is 16.5. The molecule has 1 aromatic rings. The minimum Gasteiger partial charge on any atom is -0.493 e. The fraction of sp³-hybridized carbons (Fsp3) is 0.500. The first-order valence-electron chi connectivity index (χ1n) is 6.20. The summed E-state index contributed by atoms with van der Waals surface area (Å²) in [5.41, 5.74) is -0.837. The third-order valence-electron chi connectivity index (χ3n) is 2.77. The number of ether oxygens (including phenoxy) is 1. The Kier molecular flexibility index (Phi) is 5.65. The van der Waals surface area contributed by atoms with Gasteiger partial charge in [-0.3, -0.25) is 4.79 Å². The molecule has 1 amide bonds. The number of hydrogen-bond acceptors (Lipinski definition) is 3. The van der Waals surface area contributed by atoms with Crippen molar-refractivity contribution in [2.75, 3.05) is 13.2 Å². The summed E-state index contributed by atoms with van der Waals surface area (Å²) in [6.45, 7) is 4.19. The van der Waals surface area contributed by atoms with Crippen LogP contribution >= 0.6 is 0 Å². The van der Waals surface area contributed by atoms with E-state index >= 15 is 0 Å². The number of aliphatic hydroxyl groups is 1. The first kappa shape index (κ1) is 14.5. The van der Waals surface area contributed by atoms with E-state index in [-0.39, 0.29) is 18.9 Å². The van der Waals surface area contributed by atoms with E-state index in [9.17, 15) is 9.90 Å². The van der Waals surface area contributed by atoms with Crippen LogP contribution in [0.1, 0.15) is 26.7 Å². The molecule has 1 rings (SSSR count). The molecular formula is C14H21NO3. The van der Waals surface area contributed by atoms with Crippen LogP contribution in [-0.2, 0) is 4.79 Å². The minimum absolute atomic E-state index is 0.111. The number of hydrogen-bond donors (Lipinski definition) is 2. The molecule has 0 radical (unpaired) electrons. The lowest BCUT2D eigenvalue weighted by atomic mass is 10.0. The second-order valence-electron chi connectivity index (χ2n) is 4.54. The van der Waals surface area contributed by atoms with Crippen LogP contribution in [0.5, 0.6) is 5.75 Å². The van der Waals surface area contributed by atoms with Crippen LogP contribution in [0.15, 0.2) is 30.3 Å². The molecule has 1 unspecified atom stereocenters. The number of amides is 1. The Morgan fingerprint density at radius 1 is 1.39 bits per heavy atom. The molecule has 2 N–H and O–H groups in total. The summed E-state index contributed by atoms with van der Waals surface area (Å²) in [4.78, 5) is 11.5. The Morgan fingerprint density at radius 2 is 2.06 bits per heavy atom. The molecule has 100 valence electrons. The first-order valence-corrected chi connectivity index (χ1v) is 6.20. The maximum Gasteiger partial charge on any atom is 0.223 e. The topological polar surface area (TPSA) is 58.6 Å². The monoisotopic (exact) mass is 251 g/mol. The van der Waals surface area contributed by atoms with Crippen LogP contribution in [0.4, 0.5) is 0 Å². The van der Waals surface area contributed by atoms with Gasteiger partial charge in [-0.15, -0.1) is 0 Å². The first-order chi connectivity index (χ1) is 8.53. The smallest absolute Gasteiger partial charge is 0.223 e. The summed E-state index contributed by atoms with van der Waals surface area (Å²) >= 11 is 0. The number of carbonyl (C=O) groups is 1. The van der Waals surface area contributed by atoms with Crippen molar-refractivity contribution in [2.45, 2.75) is 32.3 Å². The molecule has 1 aromatic carbocycles. The highest BCUT2D eigenvalue weighted by molar-refractivity contribution is 5.76. The van der Waals surface area contributed by atoms with Crippen LogP contribution in [0.2, 0.25) is 0 Å². The van der Waals surface area contributed by atoms with Crippen molar-refractivity contribution in [3.05, 3.63) is 30.3 Å². The van der Waals surface area contributed by atoms with Gasteiger partial charge in [-0.05, 0) is 25.5 Å². The molecule has 4 heteroatoms. The third kappa shape index (κ3) is 5.68. The van der Waals surface area contributed by atoms with Gasteiger partial charge in [-0.1, -0.05) is 25.1 Å². The largest absolute Gasteiger partial charge is 0.493 e. The lowest BCUT2D eigenvalue weighted by Gasteiger charge is -2.21. The van der Waals surface area contributed by atoms with E-state index in [0.29, 0.717) is 13.0 Å². The number of para-hydroxylation sites is 1. The lowest BCUT2D eigenvalue weighted by molar-refractivity contribution is -0.122. The molecule has 4 nitrogen and oxygen atoms in total. The average Bonchev–Trinajstić information content (AvgIpc) is 2.38. The van der Waals surface area contributed by atoms with Gasteiger partial charge in [0, 0.05) is 6.54 Å². The van der Waals surface area contributed by atoms with Crippen LogP contribution in [0, 0.1) is 0 Å². The van der Waals surface area contributed by atoms with Gasteiger partial charge >= 0.3 is 0 Å². The molecule has 0 aliphatic rings. The Morgan fingerprint density at radius 3 is 2.67 bits per heavy atom. The molecule has 0 spiro atoms. The Labute approximate surface area is 108 Å². The molecule has 0 saturated carbocycles. The maximum atomic E-state index is 11.5. The second-order valence-corrected chi connectivity index (χ2v) is 4.54. The van der Waals surface area contributed by atoms with Crippen molar-refractivity contribution < 1.29 is 14.6 Å². The number of rotatable bonds is 7. The Hall–Kier alpha value is -1.55. The fourth-order valence-corrected chi connectivity index (χ4v) is 1.28. The summed E-state index contributed by atoms with van der Waals surface area (Å²) in [6, 6.07) is 9.37. The van der Waals surface area contributed by atoms with Crippen molar-refractivity contribution in [3.8, 4) is 5.75 Å². The fourth-order valence-electron chi connectivity index (χ4n) is 1.28. The van der Waals surface area contributed by atoms with Crippen molar-refractivity contribution in [1.82, 2.24) is 5.32 Å². The minimum atomic E-state index is -0.837. The number of carbonyl (C=O) groups excluding carboxylic acids is 1. The molecule has 0 heterocycles. The van der Waals surface area contributed by atoms with Gasteiger partial charge in [0.2, 0.25) is 5.91 Å². The van der Waals surface area contributed by atoms with Crippen LogP contribution in [0.3, 0.4) is 0 Å². The zero-order valence-corrected chi connectivity index (χ0v) is 11.0. The Bertz CT molecular complexity index is 363.